The number of hydrogen-bond donors (Lipinski definition) is 0. The van der Waals surface area contributed by atoms with Crippen molar-refractivity contribution in [2.24, 2.45) is 0 Å². The van der Waals surface area contributed by atoms with Gasteiger partial charge in [-0.05, 0) is 38.7 Å². The van der Waals surface area contributed by atoms with Crippen molar-refractivity contribution < 1.29 is 4.79 Å². The average molecular weight is 192 g/mol. The van der Waals surface area contributed by atoms with Crippen LogP contribution in [0.2, 0.25) is 0 Å². The molecule has 0 aliphatic heterocycles. The van der Waals surface area contributed by atoms with Crippen molar-refractivity contribution in [3.63, 3.8) is 0 Å². The minimum Gasteiger partial charge on any atom is -0.295 e. The molecule has 0 N–H and O–H groups in total. The molecule has 1 nitrogen and oxygen atoms in total. The molecular weight excluding hydrogens is 172 g/mol. The molecule has 78 valence electrons. The summed E-state index contributed by atoms with van der Waals surface area (Å²) >= 11 is 0. The van der Waals surface area contributed by atoms with Gasteiger partial charge >= 0.3 is 0 Å². The third-order valence-electron chi connectivity index (χ3n) is 2.21. The Balaban J connectivity index is 3.57. The van der Waals surface area contributed by atoms with Crippen LogP contribution < -0.4 is 0 Å². The van der Waals surface area contributed by atoms with E-state index in [0.29, 0.717) is 12.0 Å². The molecule has 0 saturated carbocycles. The smallest absolute Gasteiger partial charge is 0.157 e. The largest absolute Gasteiger partial charge is 0.295 e. The molecule has 0 aromatic carbocycles. The van der Waals surface area contributed by atoms with Gasteiger partial charge in [-0.25, -0.2) is 0 Å². The fourth-order valence-electron chi connectivity index (χ4n) is 1.05. The van der Waals surface area contributed by atoms with Crippen molar-refractivity contribution in [3.05, 3.63) is 36.5 Å². The molecule has 0 aliphatic carbocycles. The molecule has 0 aromatic rings. The summed E-state index contributed by atoms with van der Waals surface area (Å²) in [7, 11) is 0. The number of hydrogen-bond acceptors (Lipinski definition) is 1. The van der Waals surface area contributed by atoms with E-state index in [-0.39, 0.29) is 5.78 Å². The van der Waals surface area contributed by atoms with Crippen LogP contribution in [0.5, 0.6) is 0 Å². The lowest BCUT2D eigenvalue weighted by atomic mass is 10.0. The summed E-state index contributed by atoms with van der Waals surface area (Å²) in [6.07, 6.45) is 3.47. The van der Waals surface area contributed by atoms with Gasteiger partial charge in [0.15, 0.2) is 5.78 Å². The number of ketones is 1. The van der Waals surface area contributed by atoms with Gasteiger partial charge in [0, 0.05) is 6.42 Å². The second-order valence-electron chi connectivity index (χ2n) is 3.79. The van der Waals surface area contributed by atoms with E-state index in [1.165, 1.54) is 0 Å². The fraction of sp³-hybridized carbons (Fsp3) is 0.462. The fourth-order valence-corrected chi connectivity index (χ4v) is 1.05. The summed E-state index contributed by atoms with van der Waals surface area (Å²) in [6, 6.07) is 0. The number of rotatable bonds is 7. The third kappa shape index (κ3) is 5.52. The van der Waals surface area contributed by atoms with Crippen molar-refractivity contribution in [3.8, 4) is 0 Å². The molecule has 1 heteroatoms. The molecule has 0 amide bonds. The van der Waals surface area contributed by atoms with Crippen molar-refractivity contribution >= 4 is 5.78 Å². The van der Waals surface area contributed by atoms with Gasteiger partial charge in [0.25, 0.3) is 0 Å². The Labute approximate surface area is 87.2 Å². The molecule has 0 saturated heterocycles. The highest BCUT2D eigenvalue weighted by molar-refractivity contribution is 5.93. The Bertz CT molecular complexity index is 230. The quantitative estimate of drug-likeness (QED) is 0.340. The van der Waals surface area contributed by atoms with Gasteiger partial charge in [0.2, 0.25) is 0 Å². The molecule has 0 aromatic heterocycles. The summed E-state index contributed by atoms with van der Waals surface area (Å²) < 4.78 is 0. The summed E-state index contributed by atoms with van der Waals surface area (Å²) in [4.78, 5) is 11.2. The lowest BCUT2D eigenvalue weighted by Gasteiger charge is -2.04. The molecule has 0 heterocycles. The first-order valence-corrected chi connectivity index (χ1v) is 4.97. The minimum absolute atomic E-state index is 0.172. The lowest BCUT2D eigenvalue weighted by Crippen LogP contribution is -1.97. The maximum atomic E-state index is 11.2. The van der Waals surface area contributed by atoms with Crippen molar-refractivity contribution in [1.82, 2.24) is 0 Å². The highest BCUT2D eigenvalue weighted by atomic mass is 16.1. The Hall–Kier alpha value is -1.11. The highest BCUT2D eigenvalue weighted by Gasteiger charge is 2.02. The van der Waals surface area contributed by atoms with Crippen LogP contribution in [-0.2, 0) is 4.79 Å². The zero-order chi connectivity index (χ0) is 11.1. The van der Waals surface area contributed by atoms with Crippen LogP contribution in [0.25, 0.3) is 0 Å². The first-order valence-electron chi connectivity index (χ1n) is 4.97. The first-order chi connectivity index (χ1) is 6.45. The number of carbonyl (C=O) groups is 1. The number of Topliss-reactive ketones (excluding diaryl/α,β-unsaturated/α-hetero) is 1. The van der Waals surface area contributed by atoms with Gasteiger partial charge in [-0.1, -0.05) is 30.9 Å². The van der Waals surface area contributed by atoms with Crippen molar-refractivity contribution in [2.45, 2.75) is 39.5 Å². The molecule has 0 fully saturated rings. The monoisotopic (exact) mass is 192 g/mol. The van der Waals surface area contributed by atoms with E-state index in [0.717, 1.165) is 30.4 Å². The zero-order valence-electron chi connectivity index (χ0n) is 9.36. The molecule has 0 unspecified atom stereocenters. The Kier molecular flexibility index (Phi) is 5.86. The summed E-state index contributed by atoms with van der Waals surface area (Å²) in [5, 5.41) is 0. The molecule has 0 aliphatic rings. The molecular formula is C13H20O. The topological polar surface area (TPSA) is 17.1 Å². The number of allylic oxidation sites excluding steroid dienone is 3. The number of carbonyl (C=O) groups excluding carboxylic acids is 1. The van der Waals surface area contributed by atoms with Crippen LogP contribution >= 0.6 is 0 Å². The highest BCUT2D eigenvalue weighted by Crippen LogP contribution is 2.14. The van der Waals surface area contributed by atoms with Crippen LogP contribution in [0.15, 0.2) is 36.5 Å². The third-order valence-corrected chi connectivity index (χ3v) is 2.21. The molecule has 0 bridgehead atoms. The predicted molar refractivity (Wildman–Crippen MR) is 62.2 cm³/mol. The van der Waals surface area contributed by atoms with Gasteiger partial charge in [0.05, 0.1) is 0 Å². The van der Waals surface area contributed by atoms with E-state index >= 15 is 0 Å². The van der Waals surface area contributed by atoms with E-state index in [9.17, 15) is 4.79 Å². The Morgan fingerprint density at radius 2 is 1.43 bits per heavy atom. The number of unbranched alkanes of at least 4 members (excludes halogenated alkanes) is 1. The molecule has 0 atom stereocenters. The summed E-state index contributed by atoms with van der Waals surface area (Å²) in [6.45, 7) is 15.1. The van der Waals surface area contributed by atoms with Crippen LogP contribution in [0.3, 0.4) is 0 Å². The minimum atomic E-state index is 0.172. The SMILES string of the molecule is C=C(C)C(=C)CCCCC(=O)C(=C)C. The average Bonchev–Trinajstić information content (AvgIpc) is 2.11. The van der Waals surface area contributed by atoms with Gasteiger partial charge < -0.3 is 0 Å². The second kappa shape index (κ2) is 6.36. The van der Waals surface area contributed by atoms with Gasteiger partial charge in [0.1, 0.15) is 0 Å². The van der Waals surface area contributed by atoms with E-state index in [1.54, 1.807) is 6.92 Å². The van der Waals surface area contributed by atoms with Crippen molar-refractivity contribution in [2.75, 3.05) is 0 Å². The van der Waals surface area contributed by atoms with Crippen LogP contribution in [0, 0.1) is 0 Å². The molecule has 0 rings (SSSR count). The first kappa shape index (κ1) is 12.9. The molecule has 14 heavy (non-hydrogen) atoms. The second-order valence-corrected chi connectivity index (χ2v) is 3.79. The van der Waals surface area contributed by atoms with Gasteiger partial charge in [-0.15, -0.1) is 0 Å². The Morgan fingerprint density at radius 3 is 1.86 bits per heavy atom. The predicted octanol–water partition coefficient (Wildman–Crippen LogP) is 3.82. The summed E-state index contributed by atoms with van der Waals surface area (Å²) in [5.41, 5.74) is 2.78. The maximum Gasteiger partial charge on any atom is 0.157 e. The van der Waals surface area contributed by atoms with E-state index in [1.807, 2.05) is 6.92 Å². The standard InChI is InChI=1S/C13H20O/c1-10(2)12(5)8-6-7-9-13(14)11(3)4/h1,3,5-9H2,2,4H3. The summed E-state index contributed by atoms with van der Waals surface area (Å²) in [5.74, 6) is 0.172. The maximum absolute atomic E-state index is 11.2. The lowest BCUT2D eigenvalue weighted by molar-refractivity contribution is -0.115. The van der Waals surface area contributed by atoms with E-state index in [4.69, 9.17) is 0 Å². The zero-order valence-corrected chi connectivity index (χ0v) is 9.36. The van der Waals surface area contributed by atoms with Crippen LogP contribution in [0.4, 0.5) is 0 Å². The van der Waals surface area contributed by atoms with E-state index < -0.39 is 0 Å². The van der Waals surface area contributed by atoms with Crippen LogP contribution in [-0.4, -0.2) is 5.78 Å². The van der Waals surface area contributed by atoms with Gasteiger partial charge in [-0.3, -0.25) is 4.79 Å². The van der Waals surface area contributed by atoms with Crippen molar-refractivity contribution in [1.29, 1.82) is 0 Å². The van der Waals surface area contributed by atoms with E-state index in [2.05, 4.69) is 19.7 Å². The normalized spacial score (nSPS) is 9.57. The molecule has 0 radical (unpaired) electrons. The van der Waals surface area contributed by atoms with Gasteiger partial charge in [-0.2, -0.15) is 0 Å². The Morgan fingerprint density at radius 1 is 0.929 bits per heavy atom. The van der Waals surface area contributed by atoms with Crippen LogP contribution in [0.1, 0.15) is 39.5 Å². The molecule has 0 spiro atoms.